The summed E-state index contributed by atoms with van der Waals surface area (Å²) in [5, 5.41) is 0. The maximum Gasteiger partial charge on any atom is 0.161 e. The number of hydrogen-bond acceptors (Lipinski definition) is 3. The molecule has 3 nitrogen and oxygen atoms in total. The Morgan fingerprint density at radius 3 is 2.27 bits per heavy atom. The third kappa shape index (κ3) is 4.67. The van der Waals surface area contributed by atoms with Crippen LogP contribution in [0.2, 0.25) is 0 Å². The standard InChI is InChI=1S/C8H14O3/c1-6(9)4-5-8(10)7(2)11-3/h7H,4-5H2,1-3H3. The molecule has 0 bridgehead atoms. The highest BCUT2D eigenvalue weighted by Crippen LogP contribution is 1.98. The molecule has 0 aliphatic carbocycles. The van der Waals surface area contributed by atoms with Crippen molar-refractivity contribution in [3.05, 3.63) is 0 Å². The quantitative estimate of drug-likeness (QED) is 0.598. The van der Waals surface area contributed by atoms with E-state index >= 15 is 0 Å². The number of hydrogen-bond donors (Lipinski definition) is 0. The van der Waals surface area contributed by atoms with Crippen molar-refractivity contribution >= 4 is 11.6 Å². The average Bonchev–Trinajstić information content (AvgIpc) is 1.98. The fourth-order valence-corrected chi connectivity index (χ4v) is 0.634. The van der Waals surface area contributed by atoms with Crippen LogP contribution >= 0.6 is 0 Å². The molecule has 0 aromatic carbocycles. The van der Waals surface area contributed by atoms with Gasteiger partial charge in [-0.3, -0.25) is 4.79 Å². The van der Waals surface area contributed by atoms with E-state index in [2.05, 4.69) is 0 Å². The fourth-order valence-electron chi connectivity index (χ4n) is 0.634. The summed E-state index contributed by atoms with van der Waals surface area (Å²) >= 11 is 0. The number of rotatable bonds is 5. The highest BCUT2D eigenvalue weighted by molar-refractivity contribution is 5.87. The van der Waals surface area contributed by atoms with Crippen molar-refractivity contribution in [2.24, 2.45) is 0 Å². The summed E-state index contributed by atoms with van der Waals surface area (Å²) in [7, 11) is 1.48. The Hall–Kier alpha value is -0.700. The van der Waals surface area contributed by atoms with E-state index in [1.54, 1.807) is 6.92 Å². The van der Waals surface area contributed by atoms with Crippen LogP contribution in [0.4, 0.5) is 0 Å². The molecule has 0 aromatic rings. The van der Waals surface area contributed by atoms with E-state index in [0.29, 0.717) is 12.8 Å². The lowest BCUT2D eigenvalue weighted by molar-refractivity contribution is -0.129. The smallest absolute Gasteiger partial charge is 0.161 e. The minimum Gasteiger partial charge on any atom is -0.374 e. The summed E-state index contributed by atoms with van der Waals surface area (Å²) in [6, 6.07) is 0. The van der Waals surface area contributed by atoms with Crippen LogP contribution in [-0.4, -0.2) is 24.8 Å². The molecule has 1 atom stereocenters. The summed E-state index contributed by atoms with van der Waals surface area (Å²) in [4.78, 5) is 21.5. The molecule has 0 aliphatic heterocycles. The van der Waals surface area contributed by atoms with Crippen molar-refractivity contribution in [1.29, 1.82) is 0 Å². The molecule has 0 rings (SSSR count). The van der Waals surface area contributed by atoms with Crippen molar-refractivity contribution in [1.82, 2.24) is 0 Å². The Morgan fingerprint density at radius 1 is 1.36 bits per heavy atom. The molecule has 64 valence electrons. The van der Waals surface area contributed by atoms with E-state index in [-0.39, 0.29) is 17.7 Å². The van der Waals surface area contributed by atoms with Crippen LogP contribution in [0, 0.1) is 0 Å². The second kappa shape index (κ2) is 5.02. The Kier molecular flexibility index (Phi) is 4.70. The first-order valence-corrected chi connectivity index (χ1v) is 3.63. The molecule has 0 amide bonds. The SMILES string of the molecule is COC(C)C(=O)CCC(C)=O. The van der Waals surface area contributed by atoms with E-state index in [0.717, 1.165) is 0 Å². The summed E-state index contributed by atoms with van der Waals surface area (Å²) in [6.45, 7) is 3.16. The number of carbonyl (C=O) groups is 2. The molecule has 0 N–H and O–H groups in total. The summed E-state index contributed by atoms with van der Waals surface area (Å²) < 4.78 is 4.78. The van der Waals surface area contributed by atoms with Crippen LogP contribution in [-0.2, 0) is 14.3 Å². The predicted molar refractivity (Wildman–Crippen MR) is 41.4 cm³/mol. The van der Waals surface area contributed by atoms with E-state index in [1.165, 1.54) is 14.0 Å². The number of Topliss-reactive ketones (excluding diaryl/α,β-unsaturated/α-hetero) is 2. The first kappa shape index (κ1) is 10.3. The predicted octanol–water partition coefficient (Wildman–Crippen LogP) is 0.960. The van der Waals surface area contributed by atoms with Crippen molar-refractivity contribution in [3.63, 3.8) is 0 Å². The average molecular weight is 158 g/mol. The number of methoxy groups -OCH3 is 1. The summed E-state index contributed by atoms with van der Waals surface area (Å²) in [6.07, 6.45) is 0.242. The van der Waals surface area contributed by atoms with Gasteiger partial charge >= 0.3 is 0 Å². The van der Waals surface area contributed by atoms with Gasteiger partial charge in [-0.25, -0.2) is 0 Å². The first-order chi connectivity index (χ1) is 5.07. The zero-order chi connectivity index (χ0) is 8.85. The van der Waals surface area contributed by atoms with Gasteiger partial charge in [-0.15, -0.1) is 0 Å². The van der Waals surface area contributed by atoms with Gasteiger partial charge < -0.3 is 9.53 Å². The van der Waals surface area contributed by atoms with Gasteiger partial charge in [-0.2, -0.15) is 0 Å². The molecule has 0 aromatic heterocycles. The molecule has 0 aliphatic rings. The van der Waals surface area contributed by atoms with Crippen molar-refractivity contribution in [2.75, 3.05) is 7.11 Å². The Bertz CT molecular complexity index is 151. The van der Waals surface area contributed by atoms with E-state index in [1.807, 2.05) is 0 Å². The molecular formula is C8H14O3. The Labute approximate surface area is 66.7 Å². The van der Waals surface area contributed by atoms with E-state index in [4.69, 9.17) is 4.74 Å². The van der Waals surface area contributed by atoms with Gasteiger partial charge in [0.15, 0.2) is 5.78 Å². The van der Waals surface area contributed by atoms with Gasteiger partial charge in [0.05, 0.1) is 0 Å². The lowest BCUT2D eigenvalue weighted by Gasteiger charge is -2.05. The van der Waals surface area contributed by atoms with Crippen LogP contribution in [0.5, 0.6) is 0 Å². The van der Waals surface area contributed by atoms with Crippen LogP contribution in [0.3, 0.4) is 0 Å². The second-order valence-electron chi connectivity index (χ2n) is 2.55. The van der Waals surface area contributed by atoms with Gasteiger partial charge in [0.1, 0.15) is 11.9 Å². The third-order valence-electron chi connectivity index (χ3n) is 1.53. The van der Waals surface area contributed by atoms with E-state index in [9.17, 15) is 9.59 Å². The molecular weight excluding hydrogens is 144 g/mol. The van der Waals surface area contributed by atoms with Crippen LogP contribution in [0.1, 0.15) is 26.7 Å². The van der Waals surface area contributed by atoms with Gasteiger partial charge in [0.25, 0.3) is 0 Å². The van der Waals surface area contributed by atoms with Gasteiger partial charge in [-0.1, -0.05) is 0 Å². The van der Waals surface area contributed by atoms with E-state index < -0.39 is 0 Å². The topological polar surface area (TPSA) is 43.4 Å². The molecule has 11 heavy (non-hydrogen) atoms. The highest BCUT2D eigenvalue weighted by atomic mass is 16.5. The lowest BCUT2D eigenvalue weighted by Crippen LogP contribution is -2.19. The zero-order valence-corrected chi connectivity index (χ0v) is 7.22. The third-order valence-corrected chi connectivity index (χ3v) is 1.53. The molecule has 1 unspecified atom stereocenters. The van der Waals surface area contributed by atoms with Crippen molar-refractivity contribution in [2.45, 2.75) is 32.8 Å². The van der Waals surface area contributed by atoms with Crippen LogP contribution in [0.15, 0.2) is 0 Å². The molecule has 0 spiro atoms. The van der Waals surface area contributed by atoms with Gasteiger partial charge in [-0.05, 0) is 13.8 Å². The van der Waals surface area contributed by atoms with Crippen molar-refractivity contribution < 1.29 is 14.3 Å². The van der Waals surface area contributed by atoms with Gasteiger partial charge in [0, 0.05) is 20.0 Å². The van der Waals surface area contributed by atoms with Gasteiger partial charge in [0.2, 0.25) is 0 Å². The maximum atomic E-state index is 11.0. The maximum absolute atomic E-state index is 11.0. The Morgan fingerprint density at radius 2 is 1.91 bits per heavy atom. The Balaban J connectivity index is 3.60. The first-order valence-electron chi connectivity index (χ1n) is 3.63. The highest BCUT2D eigenvalue weighted by Gasteiger charge is 2.11. The number of carbonyl (C=O) groups excluding carboxylic acids is 2. The van der Waals surface area contributed by atoms with Crippen LogP contribution in [0.25, 0.3) is 0 Å². The molecule has 0 fully saturated rings. The molecule has 0 saturated heterocycles. The molecule has 3 heteroatoms. The van der Waals surface area contributed by atoms with Crippen molar-refractivity contribution in [3.8, 4) is 0 Å². The molecule has 0 saturated carbocycles. The normalized spacial score (nSPS) is 12.6. The zero-order valence-electron chi connectivity index (χ0n) is 7.22. The van der Waals surface area contributed by atoms with Crippen LogP contribution < -0.4 is 0 Å². The lowest BCUT2D eigenvalue weighted by atomic mass is 10.1. The number of ether oxygens (including phenoxy) is 1. The minimum atomic E-state index is -0.380. The fraction of sp³-hybridized carbons (Fsp3) is 0.750. The largest absolute Gasteiger partial charge is 0.374 e. The second-order valence-corrected chi connectivity index (χ2v) is 2.55. The summed E-state index contributed by atoms with van der Waals surface area (Å²) in [5.41, 5.74) is 0. The summed E-state index contributed by atoms with van der Waals surface area (Å²) in [5.74, 6) is 0.0318. The minimum absolute atomic E-state index is 0.0114. The molecule has 0 radical (unpaired) electrons. The monoisotopic (exact) mass is 158 g/mol. The number of ketones is 2. The molecule has 0 heterocycles.